The lowest BCUT2D eigenvalue weighted by Crippen LogP contribution is -2.40. The highest BCUT2D eigenvalue weighted by Gasteiger charge is 2.26. The molecule has 1 aromatic rings. The van der Waals surface area contributed by atoms with Gasteiger partial charge in [-0.3, -0.25) is 4.79 Å². The third kappa shape index (κ3) is 2.48. The smallest absolute Gasteiger partial charge is 0.237 e. The standard InChI is InChI=1S/C13H18N2OS/c1-9(2)15-11-7-10(5-6-14)3-4-12(11)17-8-13(15)16/h3-4,7,9H,5-6,8,14H2,1-2H3. The van der Waals surface area contributed by atoms with Crippen LogP contribution in [0.25, 0.3) is 0 Å². The summed E-state index contributed by atoms with van der Waals surface area (Å²) in [6.07, 6.45) is 0.859. The average Bonchev–Trinajstić information content (AvgIpc) is 2.28. The molecule has 0 aliphatic carbocycles. The predicted octanol–water partition coefficient (Wildman–Crippen LogP) is 2.03. The minimum atomic E-state index is 0.197. The van der Waals surface area contributed by atoms with Gasteiger partial charge in [0, 0.05) is 10.9 Å². The Labute approximate surface area is 106 Å². The van der Waals surface area contributed by atoms with Crippen LogP contribution in [0.1, 0.15) is 19.4 Å². The van der Waals surface area contributed by atoms with E-state index in [2.05, 4.69) is 18.2 Å². The van der Waals surface area contributed by atoms with Crippen molar-refractivity contribution in [3.63, 3.8) is 0 Å². The zero-order valence-electron chi connectivity index (χ0n) is 10.3. The molecule has 0 radical (unpaired) electrons. The number of benzene rings is 1. The Morgan fingerprint density at radius 2 is 2.24 bits per heavy atom. The number of nitrogens with zero attached hydrogens (tertiary/aromatic N) is 1. The van der Waals surface area contributed by atoms with Crippen molar-refractivity contribution in [2.24, 2.45) is 5.73 Å². The Morgan fingerprint density at radius 1 is 1.47 bits per heavy atom. The molecule has 0 saturated heterocycles. The maximum atomic E-state index is 11.9. The highest BCUT2D eigenvalue weighted by Crippen LogP contribution is 2.37. The quantitative estimate of drug-likeness (QED) is 0.893. The summed E-state index contributed by atoms with van der Waals surface area (Å²) in [7, 11) is 0. The van der Waals surface area contributed by atoms with Gasteiger partial charge >= 0.3 is 0 Å². The lowest BCUT2D eigenvalue weighted by molar-refractivity contribution is -0.116. The van der Waals surface area contributed by atoms with E-state index in [4.69, 9.17) is 5.73 Å². The molecule has 1 aromatic carbocycles. The van der Waals surface area contributed by atoms with Crippen LogP contribution in [0.5, 0.6) is 0 Å². The van der Waals surface area contributed by atoms with Crippen LogP contribution in [0.15, 0.2) is 23.1 Å². The fraction of sp³-hybridized carbons (Fsp3) is 0.462. The van der Waals surface area contributed by atoms with Crippen molar-refractivity contribution in [3.8, 4) is 0 Å². The fourth-order valence-electron chi connectivity index (χ4n) is 2.10. The SMILES string of the molecule is CC(C)N1C(=O)CSc2ccc(CCN)cc21. The Kier molecular flexibility index (Phi) is 3.74. The van der Waals surface area contributed by atoms with Crippen molar-refractivity contribution >= 4 is 23.4 Å². The van der Waals surface area contributed by atoms with Crippen LogP contribution in [0.4, 0.5) is 5.69 Å². The molecule has 17 heavy (non-hydrogen) atoms. The van der Waals surface area contributed by atoms with Crippen LogP contribution in [0.3, 0.4) is 0 Å². The van der Waals surface area contributed by atoms with E-state index in [9.17, 15) is 4.79 Å². The fourth-order valence-corrected chi connectivity index (χ4v) is 2.99. The first kappa shape index (κ1) is 12.5. The molecule has 4 heteroatoms. The van der Waals surface area contributed by atoms with E-state index in [-0.39, 0.29) is 11.9 Å². The van der Waals surface area contributed by atoms with Crippen molar-refractivity contribution in [1.29, 1.82) is 0 Å². The van der Waals surface area contributed by atoms with Gasteiger partial charge in [-0.2, -0.15) is 0 Å². The molecule has 2 rings (SSSR count). The molecule has 0 aromatic heterocycles. The van der Waals surface area contributed by atoms with Crippen molar-refractivity contribution < 1.29 is 4.79 Å². The number of hydrogen-bond acceptors (Lipinski definition) is 3. The predicted molar refractivity (Wildman–Crippen MR) is 72.5 cm³/mol. The molecule has 0 spiro atoms. The van der Waals surface area contributed by atoms with Crippen molar-refractivity contribution in [1.82, 2.24) is 0 Å². The Morgan fingerprint density at radius 3 is 2.88 bits per heavy atom. The zero-order valence-corrected chi connectivity index (χ0v) is 11.1. The van der Waals surface area contributed by atoms with Gasteiger partial charge < -0.3 is 10.6 Å². The van der Waals surface area contributed by atoms with Gasteiger partial charge in [0.05, 0.1) is 11.4 Å². The molecule has 0 bridgehead atoms. The van der Waals surface area contributed by atoms with Gasteiger partial charge in [0.2, 0.25) is 5.91 Å². The molecule has 1 aliphatic heterocycles. The van der Waals surface area contributed by atoms with Crippen molar-refractivity contribution in [2.75, 3.05) is 17.2 Å². The first-order valence-corrected chi connectivity index (χ1v) is 6.90. The van der Waals surface area contributed by atoms with Crippen LogP contribution >= 0.6 is 11.8 Å². The summed E-state index contributed by atoms with van der Waals surface area (Å²) in [6.45, 7) is 4.74. The van der Waals surface area contributed by atoms with Gasteiger partial charge in [0.15, 0.2) is 0 Å². The van der Waals surface area contributed by atoms with E-state index < -0.39 is 0 Å². The van der Waals surface area contributed by atoms with E-state index in [0.717, 1.165) is 12.1 Å². The monoisotopic (exact) mass is 250 g/mol. The third-order valence-electron chi connectivity index (χ3n) is 2.85. The van der Waals surface area contributed by atoms with Crippen LogP contribution in [-0.2, 0) is 11.2 Å². The van der Waals surface area contributed by atoms with Gasteiger partial charge in [-0.1, -0.05) is 6.07 Å². The summed E-state index contributed by atoms with van der Waals surface area (Å²) < 4.78 is 0. The number of carbonyl (C=O) groups excluding carboxylic acids is 1. The third-order valence-corrected chi connectivity index (χ3v) is 3.90. The summed E-state index contributed by atoms with van der Waals surface area (Å²) >= 11 is 1.62. The van der Waals surface area contributed by atoms with Gasteiger partial charge in [-0.25, -0.2) is 0 Å². The van der Waals surface area contributed by atoms with E-state index in [1.807, 2.05) is 18.7 Å². The van der Waals surface area contributed by atoms with E-state index >= 15 is 0 Å². The highest BCUT2D eigenvalue weighted by atomic mass is 32.2. The maximum Gasteiger partial charge on any atom is 0.237 e. The number of rotatable bonds is 3. The van der Waals surface area contributed by atoms with Crippen molar-refractivity contribution in [3.05, 3.63) is 23.8 Å². The Bertz CT molecular complexity index is 431. The number of fused-ring (bicyclic) bond motifs is 1. The van der Waals surface area contributed by atoms with Crippen LogP contribution in [0.2, 0.25) is 0 Å². The molecular formula is C13H18N2OS. The Balaban J connectivity index is 2.41. The molecular weight excluding hydrogens is 232 g/mol. The number of anilines is 1. The molecule has 0 unspecified atom stereocenters. The van der Waals surface area contributed by atoms with Crippen LogP contribution in [0, 0.1) is 0 Å². The minimum absolute atomic E-state index is 0.197. The molecule has 3 nitrogen and oxygen atoms in total. The lowest BCUT2D eigenvalue weighted by Gasteiger charge is -2.32. The Hall–Kier alpha value is -1.00. The molecule has 0 atom stereocenters. The number of carbonyl (C=O) groups is 1. The second-order valence-corrected chi connectivity index (χ2v) is 5.50. The molecule has 0 fully saturated rings. The summed E-state index contributed by atoms with van der Waals surface area (Å²) in [5.74, 6) is 0.740. The summed E-state index contributed by atoms with van der Waals surface area (Å²) in [5.41, 5.74) is 7.82. The molecule has 2 N–H and O–H groups in total. The van der Waals surface area contributed by atoms with E-state index in [1.54, 1.807) is 11.8 Å². The van der Waals surface area contributed by atoms with Gasteiger partial charge in [0.25, 0.3) is 0 Å². The molecule has 1 aliphatic rings. The molecule has 1 heterocycles. The summed E-state index contributed by atoms with van der Waals surface area (Å²) in [6, 6.07) is 6.52. The summed E-state index contributed by atoms with van der Waals surface area (Å²) in [5, 5.41) is 0. The maximum absolute atomic E-state index is 11.9. The van der Waals surface area contributed by atoms with Gasteiger partial charge in [-0.15, -0.1) is 11.8 Å². The molecule has 92 valence electrons. The van der Waals surface area contributed by atoms with Crippen LogP contribution < -0.4 is 10.6 Å². The van der Waals surface area contributed by atoms with E-state index in [0.29, 0.717) is 12.3 Å². The molecule has 0 saturated carbocycles. The second kappa shape index (κ2) is 5.10. The number of hydrogen-bond donors (Lipinski definition) is 1. The number of thioether (sulfide) groups is 1. The molecule has 1 amide bonds. The number of nitrogens with two attached hydrogens (primary N) is 1. The lowest BCUT2D eigenvalue weighted by atomic mass is 10.1. The normalized spacial score (nSPS) is 15.3. The van der Waals surface area contributed by atoms with Crippen molar-refractivity contribution in [2.45, 2.75) is 31.2 Å². The first-order chi connectivity index (χ1) is 8.13. The van der Waals surface area contributed by atoms with Gasteiger partial charge in [-0.05, 0) is 44.5 Å². The van der Waals surface area contributed by atoms with Gasteiger partial charge in [0.1, 0.15) is 0 Å². The minimum Gasteiger partial charge on any atom is -0.330 e. The zero-order chi connectivity index (χ0) is 12.4. The summed E-state index contributed by atoms with van der Waals surface area (Å²) in [4.78, 5) is 15.0. The topological polar surface area (TPSA) is 46.3 Å². The highest BCUT2D eigenvalue weighted by molar-refractivity contribution is 8.00. The number of amides is 1. The second-order valence-electron chi connectivity index (χ2n) is 4.49. The first-order valence-electron chi connectivity index (χ1n) is 5.91. The van der Waals surface area contributed by atoms with Crippen LogP contribution in [-0.4, -0.2) is 24.2 Å². The average molecular weight is 250 g/mol. The largest absolute Gasteiger partial charge is 0.330 e. The van der Waals surface area contributed by atoms with E-state index in [1.165, 1.54) is 10.5 Å².